The summed E-state index contributed by atoms with van der Waals surface area (Å²) in [5.41, 5.74) is 0.927. The van der Waals surface area contributed by atoms with Gasteiger partial charge in [-0.3, -0.25) is 0 Å². The summed E-state index contributed by atoms with van der Waals surface area (Å²) < 4.78 is 6.05. The van der Waals surface area contributed by atoms with Crippen LogP contribution in [0.15, 0.2) is 75.9 Å². The van der Waals surface area contributed by atoms with Crippen molar-refractivity contribution in [2.45, 2.75) is 0 Å². The van der Waals surface area contributed by atoms with Crippen LogP contribution < -0.4 is 0 Å². The molecule has 0 aliphatic heterocycles. The van der Waals surface area contributed by atoms with E-state index in [1.165, 1.54) is 6.39 Å². The topological polar surface area (TPSA) is 38.9 Å². The molecule has 3 aromatic rings. The van der Waals surface area contributed by atoms with Crippen molar-refractivity contribution in [3.8, 4) is 11.5 Å². The van der Waals surface area contributed by atoms with Gasteiger partial charge in [0.25, 0.3) is 0 Å². The molecular formula is C14H11BrN2O. The highest BCUT2D eigenvalue weighted by molar-refractivity contribution is 9.10. The van der Waals surface area contributed by atoms with Crippen molar-refractivity contribution < 1.29 is 4.42 Å². The minimum Gasteiger partial charge on any atom is -0.423 e. The van der Waals surface area contributed by atoms with Gasteiger partial charge in [-0.1, -0.05) is 52.3 Å². The molecule has 0 aliphatic rings. The zero-order valence-corrected chi connectivity index (χ0v) is 11.1. The largest absolute Gasteiger partial charge is 0.423 e. The molecule has 0 atom stereocenters. The molecule has 90 valence electrons. The maximum atomic E-state index is 5.02. The third-order valence-electron chi connectivity index (χ3n) is 2.12. The second-order valence-electron chi connectivity index (χ2n) is 3.41. The van der Waals surface area contributed by atoms with E-state index >= 15 is 0 Å². The van der Waals surface area contributed by atoms with E-state index in [0.29, 0.717) is 5.89 Å². The van der Waals surface area contributed by atoms with Gasteiger partial charge in [-0.05, 0) is 24.3 Å². The number of aromatic nitrogens is 2. The van der Waals surface area contributed by atoms with Gasteiger partial charge in [-0.15, -0.1) is 10.2 Å². The molecule has 4 heteroatoms. The Hall–Kier alpha value is -1.94. The second-order valence-corrected chi connectivity index (χ2v) is 4.32. The summed E-state index contributed by atoms with van der Waals surface area (Å²) >= 11 is 3.34. The SMILES string of the molecule is Brc1ccc(-c2nnco2)cc1.c1ccccc1. The molecule has 0 spiro atoms. The summed E-state index contributed by atoms with van der Waals surface area (Å²) in [5.74, 6) is 0.544. The zero-order valence-electron chi connectivity index (χ0n) is 9.53. The lowest BCUT2D eigenvalue weighted by atomic mass is 10.2. The second kappa shape index (κ2) is 6.71. The van der Waals surface area contributed by atoms with Crippen molar-refractivity contribution in [2.75, 3.05) is 0 Å². The predicted octanol–water partition coefficient (Wildman–Crippen LogP) is 4.19. The van der Waals surface area contributed by atoms with Crippen molar-refractivity contribution in [1.82, 2.24) is 10.2 Å². The quantitative estimate of drug-likeness (QED) is 0.677. The first-order chi connectivity index (χ1) is 8.86. The van der Waals surface area contributed by atoms with Gasteiger partial charge >= 0.3 is 0 Å². The maximum Gasteiger partial charge on any atom is 0.247 e. The summed E-state index contributed by atoms with van der Waals surface area (Å²) in [7, 11) is 0. The summed E-state index contributed by atoms with van der Waals surface area (Å²) in [5, 5.41) is 7.38. The molecule has 1 aromatic heterocycles. The zero-order chi connectivity index (χ0) is 12.6. The monoisotopic (exact) mass is 302 g/mol. The molecule has 18 heavy (non-hydrogen) atoms. The van der Waals surface area contributed by atoms with Gasteiger partial charge in [0.2, 0.25) is 12.3 Å². The van der Waals surface area contributed by atoms with Gasteiger partial charge < -0.3 is 4.42 Å². The van der Waals surface area contributed by atoms with Gasteiger partial charge in [0.05, 0.1) is 0 Å². The molecule has 0 saturated carbocycles. The van der Waals surface area contributed by atoms with Crippen molar-refractivity contribution >= 4 is 15.9 Å². The highest BCUT2D eigenvalue weighted by atomic mass is 79.9. The highest BCUT2D eigenvalue weighted by Gasteiger charge is 2.01. The van der Waals surface area contributed by atoms with E-state index in [2.05, 4.69) is 26.1 Å². The lowest BCUT2D eigenvalue weighted by Crippen LogP contribution is -1.76. The molecule has 0 fully saturated rings. The van der Waals surface area contributed by atoms with E-state index in [1.807, 2.05) is 60.7 Å². The van der Waals surface area contributed by atoms with Crippen LogP contribution in [0, 0.1) is 0 Å². The van der Waals surface area contributed by atoms with Crippen LogP contribution in [0.3, 0.4) is 0 Å². The van der Waals surface area contributed by atoms with E-state index < -0.39 is 0 Å². The first kappa shape index (κ1) is 12.5. The Labute approximate surface area is 114 Å². The number of rotatable bonds is 1. The molecule has 2 aromatic carbocycles. The fraction of sp³-hybridized carbons (Fsp3) is 0. The molecule has 0 saturated heterocycles. The summed E-state index contributed by atoms with van der Waals surface area (Å²) in [6.45, 7) is 0. The van der Waals surface area contributed by atoms with E-state index in [-0.39, 0.29) is 0 Å². The molecule has 3 nitrogen and oxygen atoms in total. The lowest BCUT2D eigenvalue weighted by molar-refractivity contribution is 0.568. The average molecular weight is 303 g/mol. The van der Waals surface area contributed by atoms with Crippen molar-refractivity contribution in [2.24, 2.45) is 0 Å². The van der Waals surface area contributed by atoms with Gasteiger partial charge in [0.1, 0.15) is 0 Å². The van der Waals surface area contributed by atoms with Crippen LogP contribution in [0.4, 0.5) is 0 Å². The molecule has 1 heterocycles. The average Bonchev–Trinajstić information content (AvgIpc) is 2.96. The third-order valence-corrected chi connectivity index (χ3v) is 2.65. The lowest BCUT2D eigenvalue weighted by Gasteiger charge is -1.92. The highest BCUT2D eigenvalue weighted by Crippen LogP contribution is 2.18. The molecule has 3 rings (SSSR count). The number of hydrogen-bond donors (Lipinski definition) is 0. The number of halogens is 1. The van der Waals surface area contributed by atoms with Crippen LogP contribution in [0.1, 0.15) is 0 Å². The van der Waals surface area contributed by atoms with Crippen molar-refractivity contribution in [1.29, 1.82) is 0 Å². The van der Waals surface area contributed by atoms with Gasteiger partial charge in [0.15, 0.2) is 0 Å². The molecular weight excluding hydrogens is 292 g/mol. The standard InChI is InChI=1S/C8H5BrN2O.C6H6/c9-7-3-1-6(2-4-7)8-11-10-5-12-8;1-2-4-6-5-3-1/h1-5H;1-6H. The maximum absolute atomic E-state index is 5.02. The number of benzene rings is 2. The Kier molecular flexibility index (Phi) is 4.67. The van der Waals surface area contributed by atoms with Gasteiger partial charge in [-0.25, -0.2) is 0 Å². The first-order valence-electron chi connectivity index (χ1n) is 5.38. The van der Waals surface area contributed by atoms with E-state index in [4.69, 9.17) is 4.42 Å². The Morgan fingerprint density at radius 1 is 0.833 bits per heavy atom. The summed E-state index contributed by atoms with van der Waals surface area (Å²) in [6, 6.07) is 19.7. The van der Waals surface area contributed by atoms with Gasteiger partial charge in [-0.2, -0.15) is 0 Å². The molecule has 0 N–H and O–H groups in total. The summed E-state index contributed by atoms with van der Waals surface area (Å²) in [4.78, 5) is 0. The molecule has 0 unspecified atom stereocenters. The Morgan fingerprint density at radius 3 is 1.83 bits per heavy atom. The van der Waals surface area contributed by atoms with Crippen LogP contribution in [-0.4, -0.2) is 10.2 Å². The van der Waals surface area contributed by atoms with Crippen LogP contribution in [0.2, 0.25) is 0 Å². The van der Waals surface area contributed by atoms with Crippen LogP contribution >= 0.6 is 15.9 Å². The van der Waals surface area contributed by atoms with Crippen molar-refractivity contribution in [3.05, 3.63) is 71.5 Å². The van der Waals surface area contributed by atoms with E-state index in [9.17, 15) is 0 Å². The smallest absolute Gasteiger partial charge is 0.247 e. The minimum absolute atomic E-state index is 0.544. The van der Waals surface area contributed by atoms with Gasteiger partial charge in [0, 0.05) is 10.0 Å². The molecule has 0 radical (unpaired) electrons. The molecule has 0 aliphatic carbocycles. The van der Waals surface area contributed by atoms with E-state index in [1.54, 1.807) is 0 Å². The Balaban J connectivity index is 0.000000169. The van der Waals surface area contributed by atoms with Crippen LogP contribution in [-0.2, 0) is 0 Å². The van der Waals surface area contributed by atoms with Crippen molar-refractivity contribution in [3.63, 3.8) is 0 Å². The molecule has 0 amide bonds. The van der Waals surface area contributed by atoms with E-state index in [0.717, 1.165) is 10.0 Å². The Bertz CT molecular complexity index is 523. The third kappa shape index (κ3) is 3.82. The minimum atomic E-state index is 0.544. The normalized spacial score (nSPS) is 9.39. The number of nitrogens with zero attached hydrogens (tertiary/aromatic N) is 2. The number of hydrogen-bond acceptors (Lipinski definition) is 3. The predicted molar refractivity (Wildman–Crippen MR) is 73.9 cm³/mol. The first-order valence-corrected chi connectivity index (χ1v) is 6.17. The molecule has 0 bridgehead atoms. The fourth-order valence-electron chi connectivity index (χ4n) is 1.28. The Morgan fingerprint density at radius 2 is 1.39 bits per heavy atom. The van der Waals surface area contributed by atoms with Crippen LogP contribution in [0.25, 0.3) is 11.5 Å². The van der Waals surface area contributed by atoms with Crippen LogP contribution in [0.5, 0.6) is 0 Å². The summed E-state index contributed by atoms with van der Waals surface area (Å²) in [6.07, 6.45) is 1.32. The fourth-order valence-corrected chi connectivity index (χ4v) is 1.54.